The van der Waals surface area contributed by atoms with Gasteiger partial charge in [0.15, 0.2) is 0 Å². The number of aliphatic carboxylic acids is 1. The molecule has 0 unspecified atom stereocenters. The van der Waals surface area contributed by atoms with E-state index in [2.05, 4.69) is 23.6 Å². The van der Waals surface area contributed by atoms with E-state index in [0.717, 1.165) is 6.26 Å². The molecule has 256 valence electrons. The number of ether oxygens (including phenoxy) is 10. The number of carbonyl (C=O) groups excluding carboxylic acids is 1. The van der Waals surface area contributed by atoms with Gasteiger partial charge in [-0.25, -0.2) is 9.59 Å². The maximum absolute atomic E-state index is 9.60. The second-order valence-corrected chi connectivity index (χ2v) is 7.65. The molecule has 0 atom stereocenters. The van der Waals surface area contributed by atoms with E-state index in [1.165, 1.54) is 6.92 Å². The van der Waals surface area contributed by atoms with Gasteiger partial charge in [0.25, 0.3) is 0 Å². The first-order valence-corrected chi connectivity index (χ1v) is 13.7. The minimum absolute atomic E-state index is 0.0278. The fourth-order valence-corrected chi connectivity index (χ4v) is 2.07. The fraction of sp³-hybridized carbons (Fsp3) is 0.778. The Balaban J connectivity index is -0.00000111. The standard InChI is InChI=1S/C20H42O11.C4H6O2.C3H5NO2/c21-1-3-23-5-7-25-9-11-27-13-15-29-17-19-31-20-18-30-16-14-28-12-10-26-8-6-24-4-2-22;1-3(2)4(5)6;1-2-6-3(4)5/h21-22H,1-20H2;1H2,2H3,(H,5,6);2H,1H2,(H2,4,5). The highest BCUT2D eigenvalue weighted by molar-refractivity contribution is 5.84. The Kier molecular flexibility index (Phi) is 44.1. The Bertz CT molecular complexity index is 571. The third kappa shape index (κ3) is 52.8. The zero-order chi connectivity index (χ0) is 32.7. The second-order valence-electron chi connectivity index (χ2n) is 7.65. The number of aliphatic hydroxyl groups excluding tert-OH is 2. The van der Waals surface area contributed by atoms with Crippen LogP contribution in [0.25, 0.3) is 0 Å². The zero-order valence-electron chi connectivity index (χ0n) is 25.5. The number of carboxylic acids is 1. The summed E-state index contributed by atoms with van der Waals surface area (Å²) in [5, 5.41) is 25.0. The van der Waals surface area contributed by atoms with Crippen LogP contribution < -0.4 is 5.73 Å². The molecule has 16 nitrogen and oxygen atoms in total. The van der Waals surface area contributed by atoms with Crippen molar-refractivity contribution in [3.8, 4) is 0 Å². The van der Waals surface area contributed by atoms with Crippen molar-refractivity contribution in [1.82, 2.24) is 0 Å². The van der Waals surface area contributed by atoms with Crippen molar-refractivity contribution in [2.75, 3.05) is 132 Å². The SMILES string of the molecule is C=C(C)C(=O)O.C=COC(N)=O.OCCOCCOCCOCCOCCOCCOCCOCCOCCOCCO. The first-order valence-electron chi connectivity index (χ1n) is 13.7. The summed E-state index contributed by atoms with van der Waals surface area (Å²) in [6.45, 7) is 16.5. The summed E-state index contributed by atoms with van der Waals surface area (Å²) in [4.78, 5) is 19.1. The third-order valence-electron chi connectivity index (χ3n) is 4.01. The van der Waals surface area contributed by atoms with E-state index in [1.807, 2.05) is 0 Å². The average molecular weight is 632 g/mol. The van der Waals surface area contributed by atoms with Crippen LogP contribution in [0.15, 0.2) is 25.0 Å². The maximum atomic E-state index is 9.60. The van der Waals surface area contributed by atoms with Crippen LogP contribution in [0, 0.1) is 0 Å². The molecule has 0 aromatic carbocycles. The molecule has 0 aliphatic carbocycles. The van der Waals surface area contributed by atoms with Crippen LogP contribution in [0.4, 0.5) is 4.79 Å². The first kappa shape index (κ1) is 45.2. The van der Waals surface area contributed by atoms with Crippen LogP contribution in [0.2, 0.25) is 0 Å². The highest BCUT2D eigenvalue weighted by Gasteiger charge is 1.95. The largest absolute Gasteiger partial charge is 0.478 e. The Hall–Kier alpha value is -2.22. The van der Waals surface area contributed by atoms with Crippen LogP contribution in [-0.2, 0) is 52.2 Å². The van der Waals surface area contributed by atoms with Gasteiger partial charge in [-0.05, 0) is 6.92 Å². The summed E-state index contributed by atoms with van der Waals surface area (Å²) in [5.74, 6) is -0.935. The van der Waals surface area contributed by atoms with Crippen molar-refractivity contribution >= 4 is 12.1 Å². The van der Waals surface area contributed by atoms with Gasteiger partial charge in [0.1, 0.15) is 0 Å². The molecular weight excluding hydrogens is 578 g/mol. The van der Waals surface area contributed by atoms with E-state index < -0.39 is 12.1 Å². The Morgan fingerprint density at radius 3 is 0.837 bits per heavy atom. The van der Waals surface area contributed by atoms with Crippen molar-refractivity contribution in [3.05, 3.63) is 25.0 Å². The number of primary amides is 1. The van der Waals surface area contributed by atoms with Crippen molar-refractivity contribution in [1.29, 1.82) is 0 Å². The first-order chi connectivity index (χ1) is 20.8. The van der Waals surface area contributed by atoms with Crippen LogP contribution in [0.1, 0.15) is 6.92 Å². The van der Waals surface area contributed by atoms with Gasteiger partial charge < -0.3 is 68.4 Å². The molecule has 0 radical (unpaired) electrons. The van der Waals surface area contributed by atoms with E-state index in [4.69, 9.17) is 58.0 Å². The number of carboxylic acid groups (broad SMARTS) is 1. The molecule has 0 heterocycles. The van der Waals surface area contributed by atoms with E-state index in [0.29, 0.717) is 119 Å². The lowest BCUT2D eigenvalue weighted by atomic mass is 10.4. The molecule has 43 heavy (non-hydrogen) atoms. The molecular formula is C27H53NO15. The molecule has 0 saturated heterocycles. The fourth-order valence-electron chi connectivity index (χ4n) is 2.07. The predicted octanol–water partition coefficient (Wildman–Crippen LogP) is -0.00730. The lowest BCUT2D eigenvalue weighted by molar-refractivity contribution is -0.132. The van der Waals surface area contributed by atoms with Gasteiger partial charge in [-0.2, -0.15) is 0 Å². The summed E-state index contributed by atoms with van der Waals surface area (Å²) in [5.41, 5.74) is 4.65. The molecule has 16 heteroatoms. The quantitative estimate of drug-likeness (QED) is 0.0466. The number of amides is 1. The molecule has 0 fully saturated rings. The van der Waals surface area contributed by atoms with Gasteiger partial charge in [0.2, 0.25) is 0 Å². The smallest absolute Gasteiger partial charge is 0.409 e. The van der Waals surface area contributed by atoms with Crippen LogP contribution in [0.5, 0.6) is 0 Å². The molecule has 1 amide bonds. The lowest BCUT2D eigenvalue weighted by Crippen LogP contribution is -2.15. The number of hydrogen-bond donors (Lipinski definition) is 4. The lowest BCUT2D eigenvalue weighted by Gasteiger charge is -2.08. The molecule has 0 aliphatic rings. The summed E-state index contributed by atoms with van der Waals surface area (Å²) < 4.78 is 51.6. The highest BCUT2D eigenvalue weighted by atomic mass is 16.6. The van der Waals surface area contributed by atoms with Crippen molar-refractivity contribution < 1.29 is 72.3 Å². The Morgan fingerprint density at radius 2 is 0.744 bits per heavy atom. The summed E-state index contributed by atoms with van der Waals surface area (Å²) >= 11 is 0. The number of nitrogens with two attached hydrogens (primary N) is 1. The monoisotopic (exact) mass is 631 g/mol. The topological polar surface area (TPSA) is 213 Å². The molecule has 0 saturated carbocycles. The number of hydrogen-bond acceptors (Lipinski definition) is 14. The van der Waals surface area contributed by atoms with Gasteiger partial charge in [-0.3, -0.25) is 0 Å². The average Bonchev–Trinajstić information content (AvgIpc) is 2.97. The van der Waals surface area contributed by atoms with Gasteiger partial charge in [-0.15, -0.1) is 0 Å². The third-order valence-corrected chi connectivity index (χ3v) is 4.01. The minimum atomic E-state index is -0.935. The van der Waals surface area contributed by atoms with E-state index >= 15 is 0 Å². The molecule has 0 aromatic rings. The van der Waals surface area contributed by atoms with Crippen molar-refractivity contribution in [2.45, 2.75) is 6.92 Å². The zero-order valence-corrected chi connectivity index (χ0v) is 25.5. The Labute approximate surface area is 254 Å². The van der Waals surface area contributed by atoms with Gasteiger partial charge in [0.05, 0.1) is 138 Å². The van der Waals surface area contributed by atoms with E-state index in [9.17, 15) is 9.59 Å². The Morgan fingerprint density at radius 1 is 0.558 bits per heavy atom. The second kappa shape index (κ2) is 41.9. The van der Waals surface area contributed by atoms with Crippen LogP contribution in [-0.4, -0.2) is 160 Å². The molecule has 0 aliphatic heterocycles. The van der Waals surface area contributed by atoms with Crippen molar-refractivity contribution in [2.24, 2.45) is 5.73 Å². The molecule has 0 spiro atoms. The molecule has 5 N–H and O–H groups in total. The normalized spacial score (nSPS) is 10.2. The van der Waals surface area contributed by atoms with Gasteiger partial charge in [0, 0.05) is 5.57 Å². The van der Waals surface area contributed by atoms with Crippen LogP contribution in [0.3, 0.4) is 0 Å². The number of rotatable bonds is 30. The minimum Gasteiger partial charge on any atom is -0.478 e. The molecule has 0 bridgehead atoms. The van der Waals surface area contributed by atoms with Crippen molar-refractivity contribution in [3.63, 3.8) is 0 Å². The molecule has 0 rings (SSSR count). The van der Waals surface area contributed by atoms with E-state index in [1.54, 1.807) is 0 Å². The number of carbonyl (C=O) groups is 2. The van der Waals surface area contributed by atoms with Gasteiger partial charge >= 0.3 is 12.1 Å². The molecule has 0 aromatic heterocycles. The summed E-state index contributed by atoms with van der Waals surface area (Å²) in [7, 11) is 0. The van der Waals surface area contributed by atoms with Gasteiger partial charge in [-0.1, -0.05) is 13.2 Å². The maximum Gasteiger partial charge on any atom is 0.409 e. The van der Waals surface area contributed by atoms with Crippen LogP contribution >= 0.6 is 0 Å². The summed E-state index contributed by atoms with van der Waals surface area (Å²) in [6, 6.07) is 0. The summed E-state index contributed by atoms with van der Waals surface area (Å²) in [6.07, 6.45) is 0.146. The predicted molar refractivity (Wildman–Crippen MR) is 155 cm³/mol. The highest BCUT2D eigenvalue weighted by Crippen LogP contribution is 1.86. The van der Waals surface area contributed by atoms with E-state index in [-0.39, 0.29) is 18.8 Å². The number of aliphatic hydroxyl groups is 2.